The lowest BCUT2D eigenvalue weighted by molar-refractivity contribution is 0.0452. The highest BCUT2D eigenvalue weighted by atomic mass is 35.5. The minimum Gasteiger partial charge on any atom is -0.447 e. The van der Waals surface area contributed by atoms with Crippen molar-refractivity contribution in [2.75, 3.05) is 25.6 Å². The monoisotopic (exact) mass is 600 g/mol. The molecule has 0 aliphatic carbocycles. The number of likely N-dealkylation sites (N-methyl/N-ethyl adjacent to an activating group) is 1. The molecular formula is C24H27ClFN4O9P. The zero-order chi connectivity index (χ0) is 29.3. The summed E-state index contributed by atoms with van der Waals surface area (Å²) in [6, 6.07) is 13.0. The number of nitrogens with zero attached hydrogens (tertiary/aromatic N) is 2. The van der Waals surface area contributed by atoms with Gasteiger partial charge in [0.15, 0.2) is 0 Å². The molecule has 0 saturated heterocycles. The molecule has 0 bridgehead atoms. The molecule has 3 amide bonds. The molecule has 0 spiro atoms. The van der Waals surface area contributed by atoms with Crippen LogP contribution in [0.15, 0.2) is 59.1 Å². The van der Waals surface area contributed by atoms with Crippen LogP contribution in [0.1, 0.15) is 12.0 Å². The number of urea groups is 1. The highest BCUT2D eigenvalue weighted by molar-refractivity contribution is 7.46. The Bertz CT molecular complexity index is 1340. The third-order valence-electron chi connectivity index (χ3n) is 5.52. The number of phosphoric ester groups is 1. The summed E-state index contributed by atoms with van der Waals surface area (Å²) >= 11 is 5.92. The molecule has 5 N–H and O–H groups in total. The van der Waals surface area contributed by atoms with E-state index in [1.165, 1.54) is 31.3 Å². The van der Waals surface area contributed by atoms with Crippen molar-refractivity contribution in [1.82, 2.24) is 15.4 Å². The number of aliphatic hydroxyl groups is 1. The lowest BCUT2D eigenvalue weighted by atomic mass is 10.1. The Kier molecular flexibility index (Phi) is 11.0. The van der Waals surface area contributed by atoms with Gasteiger partial charge in [-0.25, -0.2) is 18.5 Å². The van der Waals surface area contributed by atoms with Crippen LogP contribution in [-0.4, -0.2) is 69.5 Å². The smallest absolute Gasteiger partial charge is 0.447 e. The zero-order valence-electron chi connectivity index (χ0n) is 21.1. The van der Waals surface area contributed by atoms with E-state index in [1.54, 1.807) is 12.1 Å². The van der Waals surface area contributed by atoms with Gasteiger partial charge in [-0.1, -0.05) is 59.2 Å². The Morgan fingerprint density at radius 2 is 1.90 bits per heavy atom. The van der Waals surface area contributed by atoms with Gasteiger partial charge in [-0.05, 0) is 18.1 Å². The van der Waals surface area contributed by atoms with Crippen LogP contribution in [0.25, 0.3) is 11.3 Å². The zero-order valence-corrected chi connectivity index (χ0v) is 22.7. The van der Waals surface area contributed by atoms with E-state index in [9.17, 15) is 23.7 Å². The molecule has 40 heavy (non-hydrogen) atoms. The van der Waals surface area contributed by atoms with E-state index in [-0.39, 0.29) is 23.9 Å². The quantitative estimate of drug-likeness (QED) is 0.192. The molecule has 1 heterocycles. The normalized spacial score (nSPS) is 12.8. The van der Waals surface area contributed by atoms with Crippen LogP contribution in [0.3, 0.4) is 0 Å². The molecule has 2 aromatic carbocycles. The fraction of sp³-hybridized carbons (Fsp3) is 0.292. The lowest BCUT2D eigenvalue weighted by Gasteiger charge is -2.29. The largest absolute Gasteiger partial charge is 0.469 e. The summed E-state index contributed by atoms with van der Waals surface area (Å²) in [7, 11) is -3.52. The van der Waals surface area contributed by atoms with Gasteiger partial charge in [-0.2, -0.15) is 0 Å². The van der Waals surface area contributed by atoms with Crippen LogP contribution in [0.5, 0.6) is 0 Å². The van der Waals surface area contributed by atoms with Gasteiger partial charge in [0.1, 0.15) is 18.1 Å². The summed E-state index contributed by atoms with van der Waals surface area (Å²) in [5.74, 6) is -0.663. The molecule has 0 aliphatic rings. The van der Waals surface area contributed by atoms with Gasteiger partial charge in [0.25, 0.3) is 0 Å². The number of halogens is 2. The number of hydrogen-bond acceptors (Lipinski definition) is 8. The van der Waals surface area contributed by atoms with Gasteiger partial charge in [-0.3, -0.25) is 9.84 Å². The Hall–Kier alpha value is -3.52. The highest BCUT2D eigenvalue weighted by Crippen LogP contribution is 2.36. The molecule has 3 rings (SSSR count). The first-order valence-electron chi connectivity index (χ1n) is 11.7. The molecule has 1 aromatic heterocycles. The van der Waals surface area contributed by atoms with Crippen molar-refractivity contribution >= 4 is 37.4 Å². The van der Waals surface area contributed by atoms with Gasteiger partial charge < -0.3 is 34.4 Å². The van der Waals surface area contributed by atoms with E-state index in [1.807, 2.05) is 18.2 Å². The molecule has 0 aliphatic heterocycles. The van der Waals surface area contributed by atoms with E-state index in [4.69, 9.17) is 30.6 Å². The summed E-state index contributed by atoms with van der Waals surface area (Å²) < 4.78 is 39.3. The number of aliphatic hydroxyl groups excluding tert-OH is 1. The van der Waals surface area contributed by atoms with Crippen molar-refractivity contribution in [3.8, 4) is 11.3 Å². The van der Waals surface area contributed by atoms with Crippen LogP contribution in [0.2, 0.25) is 5.02 Å². The number of amides is 3. The van der Waals surface area contributed by atoms with E-state index in [2.05, 4.69) is 20.3 Å². The number of carbonyl (C=O) groups excluding carboxylic acids is 2. The summed E-state index contributed by atoms with van der Waals surface area (Å²) in [4.78, 5) is 44.1. The Labute approximate surface area is 233 Å². The maximum absolute atomic E-state index is 13.7. The number of anilines is 1. The number of phosphoric acid groups is 1. The summed E-state index contributed by atoms with van der Waals surface area (Å²) in [5.41, 5.74) is 1.54. The molecule has 0 radical (unpaired) electrons. The standard InChI is InChI=1S/C24H27ClFN4O9P/c1-30(23(32)27-12-16-8-5-9-19(26)22(16)25)17(10-18(31)14-38-40(34,35)36)13-37-24(33)28-21-11-20(29-39-21)15-6-3-2-4-7-15/h2-9,11,17-18,31H,10,12-14H2,1H3,(H,27,32)(H,28,33)(H2,34,35,36). The summed E-state index contributed by atoms with van der Waals surface area (Å²) in [6.07, 6.45) is -2.69. The second-order valence-corrected chi connectivity index (χ2v) is 10.1. The number of hydrogen-bond donors (Lipinski definition) is 5. The van der Waals surface area contributed by atoms with Crippen molar-refractivity contribution in [3.63, 3.8) is 0 Å². The molecule has 16 heteroatoms. The van der Waals surface area contributed by atoms with Crippen molar-refractivity contribution in [2.45, 2.75) is 25.1 Å². The highest BCUT2D eigenvalue weighted by Gasteiger charge is 2.27. The van der Waals surface area contributed by atoms with Gasteiger partial charge in [-0.15, -0.1) is 0 Å². The molecule has 216 valence electrons. The molecule has 2 unspecified atom stereocenters. The van der Waals surface area contributed by atoms with Crippen molar-refractivity contribution < 1.29 is 47.2 Å². The molecule has 0 saturated carbocycles. The third kappa shape index (κ3) is 9.59. The maximum Gasteiger partial charge on any atom is 0.469 e. The number of carbonyl (C=O) groups is 2. The fourth-order valence-corrected chi connectivity index (χ4v) is 4.00. The lowest BCUT2D eigenvalue weighted by Crippen LogP contribution is -2.47. The van der Waals surface area contributed by atoms with Gasteiger partial charge >= 0.3 is 19.9 Å². The van der Waals surface area contributed by atoms with Crippen LogP contribution in [0, 0.1) is 5.82 Å². The van der Waals surface area contributed by atoms with E-state index < -0.39 is 51.1 Å². The summed E-state index contributed by atoms with van der Waals surface area (Å²) in [5, 5.41) is 18.9. The average molecular weight is 601 g/mol. The minimum absolute atomic E-state index is 0.00597. The van der Waals surface area contributed by atoms with Crippen molar-refractivity contribution in [3.05, 3.63) is 71.0 Å². The second kappa shape index (κ2) is 14.2. The Morgan fingerprint density at radius 3 is 2.60 bits per heavy atom. The van der Waals surface area contributed by atoms with Crippen LogP contribution in [0.4, 0.5) is 19.9 Å². The number of ether oxygens (including phenoxy) is 1. The van der Waals surface area contributed by atoms with E-state index >= 15 is 0 Å². The fourth-order valence-electron chi connectivity index (χ4n) is 3.44. The Morgan fingerprint density at radius 1 is 1.18 bits per heavy atom. The molecule has 2 atom stereocenters. The van der Waals surface area contributed by atoms with Gasteiger partial charge in [0.05, 0.1) is 23.8 Å². The average Bonchev–Trinajstić information content (AvgIpc) is 3.38. The Balaban J connectivity index is 1.62. The minimum atomic E-state index is -4.86. The molecule has 13 nitrogen and oxygen atoms in total. The van der Waals surface area contributed by atoms with Crippen molar-refractivity contribution in [1.29, 1.82) is 0 Å². The number of nitrogens with one attached hydrogen (secondary N) is 2. The van der Waals surface area contributed by atoms with Crippen LogP contribution >= 0.6 is 19.4 Å². The second-order valence-electron chi connectivity index (χ2n) is 8.48. The predicted octanol–water partition coefficient (Wildman–Crippen LogP) is 3.75. The van der Waals surface area contributed by atoms with Crippen molar-refractivity contribution in [2.24, 2.45) is 0 Å². The first-order valence-corrected chi connectivity index (χ1v) is 13.6. The van der Waals surface area contributed by atoms with E-state index in [0.717, 1.165) is 10.5 Å². The molecule has 3 aromatic rings. The SMILES string of the molecule is CN(C(=O)NCc1cccc(F)c1Cl)C(COC(=O)Nc1cc(-c2ccccc2)no1)CC(O)COP(=O)(O)O. The number of aromatic nitrogens is 1. The van der Waals surface area contributed by atoms with Gasteiger partial charge in [0, 0.05) is 25.2 Å². The third-order valence-corrected chi connectivity index (χ3v) is 6.43. The van der Waals surface area contributed by atoms with E-state index in [0.29, 0.717) is 11.3 Å². The topological polar surface area (TPSA) is 184 Å². The molecular weight excluding hydrogens is 574 g/mol. The first-order chi connectivity index (χ1) is 18.9. The first kappa shape index (κ1) is 31.0. The maximum atomic E-state index is 13.7. The number of rotatable bonds is 12. The summed E-state index contributed by atoms with van der Waals surface area (Å²) in [6.45, 7) is -1.32. The predicted molar refractivity (Wildman–Crippen MR) is 141 cm³/mol. The van der Waals surface area contributed by atoms with Crippen LogP contribution < -0.4 is 10.6 Å². The van der Waals surface area contributed by atoms with Crippen LogP contribution in [-0.2, 0) is 20.4 Å². The molecule has 0 fully saturated rings. The number of benzene rings is 2. The van der Waals surface area contributed by atoms with Gasteiger partial charge in [0.2, 0.25) is 5.88 Å².